The van der Waals surface area contributed by atoms with Crippen LogP contribution in [0.3, 0.4) is 0 Å². The summed E-state index contributed by atoms with van der Waals surface area (Å²) in [5.41, 5.74) is 0.914. The van der Waals surface area contributed by atoms with Crippen molar-refractivity contribution in [3.05, 3.63) is 41.5 Å². The van der Waals surface area contributed by atoms with Gasteiger partial charge in [-0.1, -0.05) is 17.3 Å². The van der Waals surface area contributed by atoms with E-state index in [-0.39, 0.29) is 11.9 Å². The molecule has 1 fully saturated rings. The number of hydrogen-bond donors (Lipinski definition) is 2. The second kappa shape index (κ2) is 8.79. The van der Waals surface area contributed by atoms with E-state index < -0.39 is 14.8 Å². The quantitative estimate of drug-likeness (QED) is 0.706. The Labute approximate surface area is 171 Å². The summed E-state index contributed by atoms with van der Waals surface area (Å²) in [5, 5.41) is 7.25. The van der Waals surface area contributed by atoms with Crippen LogP contribution in [0.4, 0.5) is 10.4 Å². The van der Waals surface area contributed by atoms with Gasteiger partial charge in [-0.05, 0) is 70.1 Å². The molecule has 1 saturated carbocycles. The lowest BCUT2D eigenvalue weighted by Gasteiger charge is -2.29. The summed E-state index contributed by atoms with van der Waals surface area (Å²) >= 11 is 0. The van der Waals surface area contributed by atoms with E-state index in [1.807, 2.05) is 0 Å². The van der Waals surface area contributed by atoms with Gasteiger partial charge in [-0.2, -0.15) is 4.98 Å². The topological polar surface area (TPSA) is 97.1 Å². The van der Waals surface area contributed by atoms with E-state index in [2.05, 4.69) is 20.2 Å². The second-order valence-electron chi connectivity index (χ2n) is 8.65. The molecule has 0 atom stereocenters. The number of sulfonamides is 1. The average molecular weight is 425 g/mol. The number of hydrogen-bond acceptors (Lipinski definition) is 6. The molecule has 0 aliphatic heterocycles. The molecule has 2 aromatic rings. The number of nitrogens with zero attached hydrogens (tertiary/aromatic N) is 2. The zero-order valence-corrected chi connectivity index (χ0v) is 17.9. The summed E-state index contributed by atoms with van der Waals surface area (Å²) in [4.78, 5) is 4.36. The van der Waals surface area contributed by atoms with E-state index >= 15 is 0 Å². The molecule has 1 heterocycles. The van der Waals surface area contributed by atoms with E-state index in [0.29, 0.717) is 30.7 Å². The first-order valence-corrected chi connectivity index (χ1v) is 11.4. The van der Waals surface area contributed by atoms with Crippen LogP contribution >= 0.6 is 0 Å². The molecule has 9 heteroatoms. The third-order valence-electron chi connectivity index (χ3n) is 5.29. The Bertz CT molecular complexity index is 899. The van der Waals surface area contributed by atoms with E-state index in [1.165, 1.54) is 12.1 Å². The molecule has 0 saturated heterocycles. The minimum atomic E-state index is -3.30. The number of anilines is 1. The Morgan fingerprint density at radius 2 is 1.79 bits per heavy atom. The Kier molecular flexibility index (Phi) is 6.58. The van der Waals surface area contributed by atoms with Crippen LogP contribution in [0.5, 0.6) is 0 Å². The van der Waals surface area contributed by atoms with Crippen molar-refractivity contribution in [3.63, 3.8) is 0 Å². The van der Waals surface area contributed by atoms with Crippen molar-refractivity contribution >= 4 is 16.0 Å². The molecule has 0 radical (unpaired) electrons. The summed E-state index contributed by atoms with van der Waals surface area (Å²) in [6.07, 6.45) is 4.17. The minimum absolute atomic E-state index is 0.226. The molecule has 0 spiro atoms. The van der Waals surface area contributed by atoms with Crippen LogP contribution in [0.2, 0.25) is 0 Å². The van der Waals surface area contributed by atoms with Gasteiger partial charge in [0.25, 0.3) is 0 Å². The van der Waals surface area contributed by atoms with E-state index in [4.69, 9.17) is 4.52 Å². The molecule has 0 amide bonds. The molecule has 160 valence electrons. The van der Waals surface area contributed by atoms with Crippen LogP contribution < -0.4 is 10.0 Å². The number of benzene rings is 1. The molecule has 1 aliphatic rings. The van der Waals surface area contributed by atoms with Crippen LogP contribution in [-0.2, 0) is 16.4 Å². The molecule has 1 aliphatic carbocycles. The van der Waals surface area contributed by atoms with E-state index in [9.17, 15) is 12.8 Å². The van der Waals surface area contributed by atoms with Gasteiger partial charge in [-0.25, -0.2) is 17.5 Å². The summed E-state index contributed by atoms with van der Waals surface area (Å²) in [5.74, 6) is 0.609. The van der Waals surface area contributed by atoms with Crippen LogP contribution in [0, 0.1) is 11.7 Å². The number of halogens is 1. The third-order valence-corrected chi connectivity index (χ3v) is 7.45. The number of aromatic nitrogens is 2. The van der Waals surface area contributed by atoms with Crippen molar-refractivity contribution in [1.82, 2.24) is 14.9 Å². The van der Waals surface area contributed by atoms with Gasteiger partial charge in [0, 0.05) is 19.0 Å². The first-order valence-electron chi connectivity index (χ1n) is 9.95. The summed E-state index contributed by atoms with van der Waals surface area (Å²) < 4.78 is 44.6. The maximum Gasteiger partial charge on any atom is 0.321 e. The predicted octanol–water partition coefficient (Wildman–Crippen LogP) is 3.49. The number of nitrogens with one attached hydrogen (secondary N) is 2. The summed E-state index contributed by atoms with van der Waals surface area (Å²) in [6, 6.07) is 6.84. The van der Waals surface area contributed by atoms with Gasteiger partial charge in [0.05, 0.1) is 4.75 Å². The lowest BCUT2D eigenvalue weighted by atomic mass is 9.86. The Balaban J connectivity index is 1.44. The Morgan fingerprint density at radius 3 is 2.41 bits per heavy atom. The van der Waals surface area contributed by atoms with Gasteiger partial charge in [0.2, 0.25) is 10.0 Å². The number of rotatable bonds is 7. The van der Waals surface area contributed by atoms with Crippen LogP contribution in [0.25, 0.3) is 0 Å². The fourth-order valence-corrected chi connectivity index (χ4v) is 4.19. The van der Waals surface area contributed by atoms with Gasteiger partial charge in [-0.3, -0.25) is 0 Å². The molecule has 2 N–H and O–H groups in total. The van der Waals surface area contributed by atoms with Crippen molar-refractivity contribution in [3.8, 4) is 0 Å². The van der Waals surface area contributed by atoms with Crippen LogP contribution in [-0.4, -0.2) is 35.9 Å². The van der Waals surface area contributed by atoms with Crippen LogP contribution in [0.15, 0.2) is 28.8 Å². The monoisotopic (exact) mass is 424 g/mol. The third kappa shape index (κ3) is 5.99. The zero-order valence-electron chi connectivity index (χ0n) is 17.1. The highest BCUT2D eigenvalue weighted by molar-refractivity contribution is 7.90. The lowest BCUT2D eigenvalue weighted by Crippen LogP contribution is -2.42. The molecule has 29 heavy (non-hydrogen) atoms. The fourth-order valence-electron chi connectivity index (χ4n) is 3.30. The average Bonchev–Trinajstić information content (AvgIpc) is 3.09. The Morgan fingerprint density at radius 1 is 1.14 bits per heavy atom. The molecular weight excluding hydrogens is 395 g/mol. The molecule has 0 bridgehead atoms. The van der Waals surface area contributed by atoms with Gasteiger partial charge in [0.15, 0.2) is 5.82 Å². The largest absolute Gasteiger partial charge is 0.335 e. The normalized spacial score (nSPS) is 20.6. The van der Waals surface area contributed by atoms with Gasteiger partial charge in [0.1, 0.15) is 5.82 Å². The van der Waals surface area contributed by atoms with Gasteiger partial charge < -0.3 is 9.84 Å². The predicted molar refractivity (Wildman–Crippen MR) is 110 cm³/mol. The fraction of sp³-hybridized carbons (Fsp3) is 0.600. The molecule has 7 nitrogen and oxygen atoms in total. The molecule has 0 unspecified atom stereocenters. The maximum absolute atomic E-state index is 13.0. The standard InChI is InChI=1S/C20H29FN4O3S/c1-20(2,3)29(26,27)22-13-15-6-10-17(11-7-15)23-19-24-18(25-28-19)12-14-4-8-16(21)9-5-14/h4-5,8-9,15,17,22H,6-7,10-13H2,1-3H3,(H,23,24,25). The second-order valence-corrected chi connectivity index (χ2v) is 11.2. The molecular formula is C20H29FN4O3S. The molecule has 1 aromatic carbocycles. The van der Waals surface area contributed by atoms with Gasteiger partial charge >= 0.3 is 6.01 Å². The highest BCUT2D eigenvalue weighted by atomic mass is 32.2. The molecule has 1 aromatic heterocycles. The lowest BCUT2D eigenvalue weighted by molar-refractivity contribution is 0.329. The smallest absolute Gasteiger partial charge is 0.321 e. The first kappa shape index (κ1) is 21.7. The summed E-state index contributed by atoms with van der Waals surface area (Å²) in [7, 11) is -3.30. The van der Waals surface area contributed by atoms with E-state index in [0.717, 1.165) is 31.2 Å². The zero-order chi connectivity index (χ0) is 21.1. The maximum atomic E-state index is 13.0. The van der Waals surface area contributed by atoms with Crippen LogP contribution in [0.1, 0.15) is 57.8 Å². The minimum Gasteiger partial charge on any atom is -0.335 e. The highest BCUT2D eigenvalue weighted by Crippen LogP contribution is 2.26. The first-order chi connectivity index (χ1) is 13.6. The summed E-state index contributed by atoms with van der Waals surface area (Å²) in [6.45, 7) is 5.58. The molecule has 3 rings (SSSR count). The highest BCUT2D eigenvalue weighted by Gasteiger charge is 2.30. The van der Waals surface area contributed by atoms with Crippen molar-refractivity contribution in [2.24, 2.45) is 5.92 Å². The van der Waals surface area contributed by atoms with Crippen molar-refractivity contribution < 1.29 is 17.3 Å². The van der Waals surface area contributed by atoms with E-state index in [1.54, 1.807) is 32.9 Å². The van der Waals surface area contributed by atoms with Crippen molar-refractivity contribution in [2.75, 3.05) is 11.9 Å². The van der Waals surface area contributed by atoms with Gasteiger partial charge in [-0.15, -0.1) is 0 Å². The van der Waals surface area contributed by atoms with Crippen molar-refractivity contribution in [2.45, 2.75) is 63.7 Å². The SMILES string of the molecule is CC(C)(C)S(=O)(=O)NCC1CCC(Nc2nc(Cc3ccc(F)cc3)no2)CC1. The van der Waals surface area contributed by atoms with Crippen molar-refractivity contribution in [1.29, 1.82) is 0 Å². The Hall–Kier alpha value is -2.00.